The number of nitrogens with one attached hydrogen (secondary N) is 1. The Morgan fingerprint density at radius 2 is 1.60 bits per heavy atom. The highest BCUT2D eigenvalue weighted by atomic mass is 16.3. The molecule has 0 fully saturated rings. The Hall–Kier alpha value is -1.00. The van der Waals surface area contributed by atoms with Gasteiger partial charge in [0.25, 0.3) is 0 Å². The topological polar surface area (TPSA) is 66.4 Å². The summed E-state index contributed by atoms with van der Waals surface area (Å²) in [7, 11) is 0. The highest BCUT2D eigenvalue weighted by Crippen LogP contribution is 1.95. The summed E-state index contributed by atoms with van der Waals surface area (Å²) < 4.78 is 0. The van der Waals surface area contributed by atoms with Gasteiger partial charge >= 0.3 is 0 Å². The van der Waals surface area contributed by atoms with E-state index < -0.39 is 5.72 Å². The third-order valence-corrected chi connectivity index (χ3v) is 1.16. The second-order valence-electron chi connectivity index (χ2n) is 4.02. The van der Waals surface area contributed by atoms with Crippen LogP contribution < -0.4 is 5.32 Å². The van der Waals surface area contributed by atoms with E-state index in [-0.39, 0.29) is 18.1 Å². The van der Waals surface area contributed by atoms with Crippen molar-refractivity contribution in [1.29, 1.82) is 0 Å². The molecule has 0 aromatic rings. The van der Waals surface area contributed by atoms with Crippen molar-refractivity contribution < 1.29 is 14.7 Å². The molecular weight excluding hydrogens is 194 g/mol. The second kappa shape index (κ2) is 7.31. The minimum absolute atomic E-state index is 0.0767. The zero-order chi connectivity index (χ0) is 12.6. The molecule has 0 spiro atoms. The van der Waals surface area contributed by atoms with Gasteiger partial charge in [-0.1, -0.05) is 6.58 Å². The van der Waals surface area contributed by atoms with E-state index in [0.29, 0.717) is 5.57 Å². The van der Waals surface area contributed by atoms with E-state index >= 15 is 0 Å². The molecule has 0 heterocycles. The Labute approximate surface area is 91.4 Å². The van der Waals surface area contributed by atoms with Crippen molar-refractivity contribution in [2.24, 2.45) is 0 Å². The average Bonchev–Trinajstić information content (AvgIpc) is 1.97. The van der Waals surface area contributed by atoms with Gasteiger partial charge in [-0.3, -0.25) is 10.1 Å². The molecule has 0 aliphatic heterocycles. The van der Waals surface area contributed by atoms with Crippen LogP contribution in [0.2, 0.25) is 0 Å². The van der Waals surface area contributed by atoms with Crippen LogP contribution in [0, 0.1) is 0 Å². The Morgan fingerprint density at radius 3 is 1.80 bits per heavy atom. The van der Waals surface area contributed by atoms with Gasteiger partial charge in [0, 0.05) is 0 Å². The lowest BCUT2D eigenvalue weighted by molar-refractivity contribution is -0.116. The minimum atomic E-state index is -0.995. The number of carbonyl (C=O) groups is 2. The molecule has 0 saturated carbocycles. The van der Waals surface area contributed by atoms with Gasteiger partial charge in [-0.15, -0.1) is 0 Å². The lowest BCUT2D eigenvalue weighted by Crippen LogP contribution is -2.41. The van der Waals surface area contributed by atoms with Crippen molar-refractivity contribution >= 4 is 11.6 Å². The van der Waals surface area contributed by atoms with Gasteiger partial charge in [0.2, 0.25) is 0 Å². The van der Waals surface area contributed by atoms with Gasteiger partial charge in [0.05, 0.1) is 6.54 Å². The zero-order valence-corrected chi connectivity index (χ0v) is 10.2. The molecule has 88 valence electrons. The molecule has 15 heavy (non-hydrogen) atoms. The molecule has 0 unspecified atom stereocenters. The van der Waals surface area contributed by atoms with Crippen molar-refractivity contribution in [3.63, 3.8) is 0 Å². The number of hydrogen-bond donors (Lipinski definition) is 2. The molecule has 0 aliphatic rings. The standard InChI is InChI=1S/C8H15NO2.C3H6O/c1-6(2)7(10)5-9-8(3,4)11;1-3(2)4/h9,11H,1,5H2,2-4H3;1-2H3. The summed E-state index contributed by atoms with van der Waals surface area (Å²) in [4.78, 5) is 20.4. The molecule has 0 rings (SSSR count). The fourth-order valence-corrected chi connectivity index (χ4v) is 0.447. The number of aliphatic hydroxyl groups is 1. The average molecular weight is 215 g/mol. The Balaban J connectivity index is 0. The van der Waals surface area contributed by atoms with Gasteiger partial charge in [0.15, 0.2) is 5.78 Å². The van der Waals surface area contributed by atoms with Crippen LogP contribution >= 0.6 is 0 Å². The number of Topliss-reactive ketones (excluding diaryl/α,β-unsaturated/α-hetero) is 2. The Morgan fingerprint density at radius 1 is 1.27 bits per heavy atom. The van der Waals surface area contributed by atoms with Gasteiger partial charge < -0.3 is 9.90 Å². The van der Waals surface area contributed by atoms with Gasteiger partial charge in [-0.05, 0) is 40.2 Å². The summed E-state index contributed by atoms with van der Waals surface area (Å²) in [5.41, 5.74) is -0.493. The summed E-state index contributed by atoms with van der Waals surface area (Å²) in [5.74, 6) is 0.0899. The summed E-state index contributed by atoms with van der Waals surface area (Å²) in [5, 5.41) is 11.8. The van der Waals surface area contributed by atoms with E-state index in [9.17, 15) is 9.59 Å². The number of ketones is 2. The first-order valence-electron chi connectivity index (χ1n) is 4.69. The number of hydrogen-bond acceptors (Lipinski definition) is 4. The van der Waals surface area contributed by atoms with Crippen LogP contribution in [0.1, 0.15) is 34.6 Å². The van der Waals surface area contributed by atoms with Crippen LogP contribution in [-0.2, 0) is 9.59 Å². The molecule has 0 amide bonds. The normalized spacial score (nSPS) is 10.0. The molecule has 0 bridgehead atoms. The lowest BCUT2D eigenvalue weighted by atomic mass is 10.2. The van der Waals surface area contributed by atoms with Crippen LogP contribution in [0.5, 0.6) is 0 Å². The maximum Gasteiger partial charge on any atom is 0.171 e. The van der Waals surface area contributed by atoms with E-state index in [1.807, 2.05) is 0 Å². The molecule has 4 heteroatoms. The fourth-order valence-electron chi connectivity index (χ4n) is 0.447. The van der Waals surface area contributed by atoms with Crippen LogP contribution in [0.3, 0.4) is 0 Å². The minimum Gasteiger partial charge on any atom is -0.376 e. The predicted octanol–water partition coefficient (Wildman–Crippen LogP) is 1.04. The third kappa shape index (κ3) is 19.4. The fraction of sp³-hybridized carbons (Fsp3) is 0.636. The molecule has 0 aromatic carbocycles. The first-order valence-corrected chi connectivity index (χ1v) is 4.69. The molecule has 0 atom stereocenters. The van der Waals surface area contributed by atoms with Crippen molar-refractivity contribution in [2.75, 3.05) is 6.54 Å². The first kappa shape index (κ1) is 16.4. The second-order valence-corrected chi connectivity index (χ2v) is 4.02. The summed E-state index contributed by atoms with van der Waals surface area (Å²) >= 11 is 0. The van der Waals surface area contributed by atoms with Gasteiger partial charge in [0.1, 0.15) is 11.5 Å². The van der Waals surface area contributed by atoms with Crippen molar-refractivity contribution in [2.45, 2.75) is 40.3 Å². The van der Waals surface area contributed by atoms with Crippen molar-refractivity contribution in [3.8, 4) is 0 Å². The molecule has 0 radical (unpaired) electrons. The number of rotatable bonds is 4. The lowest BCUT2D eigenvalue weighted by Gasteiger charge is -2.18. The van der Waals surface area contributed by atoms with E-state index in [2.05, 4.69) is 11.9 Å². The van der Waals surface area contributed by atoms with E-state index in [1.165, 1.54) is 13.8 Å². The highest BCUT2D eigenvalue weighted by Gasteiger charge is 2.12. The van der Waals surface area contributed by atoms with Crippen LogP contribution in [0.25, 0.3) is 0 Å². The number of carbonyl (C=O) groups excluding carboxylic acids is 2. The molecule has 4 nitrogen and oxygen atoms in total. The largest absolute Gasteiger partial charge is 0.376 e. The van der Waals surface area contributed by atoms with E-state index in [0.717, 1.165) is 0 Å². The van der Waals surface area contributed by atoms with Crippen LogP contribution in [0.15, 0.2) is 12.2 Å². The van der Waals surface area contributed by atoms with Crippen molar-refractivity contribution in [3.05, 3.63) is 12.2 Å². The Kier molecular flexibility index (Phi) is 8.01. The molecule has 0 saturated heterocycles. The van der Waals surface area contributed by atoms with E-state index in [1.54, 1.807) is 20.8 Å². The first-order chi connectivity index (χ1) is 6.56. The maximum atomic E-state index is 10.9. The predicted molar refractivity (Wildman–Crippen MR) is 60.5 cm³/mol. The third-order valence-electron chi connectivity index (χ3n) is 1.16. The van der Waals surface area contributed by atoms with Crippen LogP contribution in [-0.4, -0.2) is 28.9 Å². The zero-order valence-electron chi connectivity index (χ0n) is 10.2. The van der Waals surface area contributed by atoms with Gasteiger partial charge in [-0.25, -0.2) is 0 Å². The van der Waals surface area contributed by atoms with E-state index in [4.69, 9.17) is 5.11 Å². The smallest absolute Gasteiger partial charge is 0.171 e. The molecular formula is C11H21NO3. The molecule has 0 aromatic heterocycles. The van der Waals surface area contributed by atoms with Crippen LogP contribution in [0.4, 0.5) is 0 Å². The highest BCUT2D eigenvalue weighted by molar-refractivity contribution is 5.95. The van der Waals surface area contributed by atoms with Gasteiger partial charge in [-0.2, -0.15) is 0 Å². The monoisotopic (exact) mass is 215 g/mol. The SMILES string of the molecule is C=C(C)C(=O)CNC(C)(C)O.CC(C)=O. The Bertz CT molecular complexity index is 235. The summed E-state index contributed by atoms with van der Waals surface area (Å²) in [6.07, 6.45) is 0. The quantitative estimate of drug-likeness (QED) is 0.543. The molecule has 2 N–H and O–H groups in total. The molecule has 0 aliphatic carbocycles. The summed E-state index contributed by atoms with van der Waals surface area (Å²) in [6, 6.07) is 0. The maximum absolute atomic E-state index is 10.9. The van der Waals surface area contributed by atoms with Crippen molar-refractivity contribution in [1.82, 2.24) is 5.32 Å². The summed E-state index contributed by atoms with van der Waals surface area (Å²) in [6.45, 7) is 11.5.